The summed E-state index contributed by atoms with van der Waals surface area (Å²) in [5, 5.41) is 6.70. The zero-order chi connectivity index (χ0) is 15.5. The van der Waals surface area contributed by atoms with Gasteiger partial charge in [-0.05, 0) is 32.7 Å². The highest BCUT2D eigenvalue weighted by Gasteiger charge is 2.19. The molecule has 122 valence electrons. The molecule has 1 fully saturated rings. The van der Waals surface area contributed by atoms with E-state index >= 15 is 0 Å². The van der Waals surface area contributed by atoms with Gasteiger partial charge < -0.3 is 20.3 Å². The van der Waals surface area contributed by atoms with Gasteiger partial charge in [-0.2, -0.15) is 0 Å². The number of carbonyl (C=O) groups excluding carboxylic acids is 1. The lowest BCUT2D eigenvalue weighted by Crippen LogP contribution is -2.48. The van der Waals surface area contributed by atoms with Gasteiger partial charge in [-0.1, -0.05) is 6.92 Å². The fourth-order valence-electron chi connectivity index (χ4n) is 2.49. The lowest BCUT2D eigenvalue weighted by molar-refractivity contribution is -0.140. The van der Waals surface area contributed by atoms with Gasteiger partial charge in [-0.15, -0.1) is 0 Å². The van der Waals surface area contributed by atoms with Gasteiger partial charge in [0.15, 0.2) is 5.96 Å². The van der Waals surface area contributed by atoms with Gasteiger partial charge in [0.25, 0.3) is 0 Å². The minimum atomic E-state index is -0.220. The minimum absolute atomic E-state index is 0.220. The van der Waals surface area contributed by atoms with E-state index in [2.05, 4.69) is 32.2 Å². The molecule has 0 atom stereocenters. The van der Waals surface area contributed by atoms with Crippen molar-refractivity contribution in [2.45, 2.75) is 45.6 Å². The third-order valence-electron chi connectivity index (χ3n) is 3.63. The van der Waals surface area contributed by atoms with Crippen molar-refractivity contribution in [1.82, 2.24) is 15.5 Å². The molecule has 0 radical (unpaired) electrons. The third-order valence-corrected chi connectivity index (χ3v) is 3.63. The Kier molecular flexibility index (Phi) is 8.82. The maximum Gasteiger partial charge on any atom is 0.307 e. The number of guanidine groups is 1. The fraction of sp³-hybridized carbons (Fsp3) is 0.867. The number of rotatable bonds is 7. The summed E-state index contributed by atoms with van der Waals surface area (Å²) in [6.45, 7) is 9.03. The first kappa shape index (κ1) is 17.8. The molecule has 0 aromatic carbocycles. The summed E-state index contributed by atoms with van der Waals surface area (Å²) in [6, 6.07) is 0.467. The summed E-state index contributed by atoms with van der Waals surface area (Å²) in [6.07, 6.45) is 3.82. The second kappa shape index (κ2) is 10.4. The molecule has 1 aliphatic rings. The van der Waals surface area contributed by atoms with E-state index < -0.39 is 0 Å². The molecule has 0 unspecified atom stereocenters. The number of nitrogens with one attached hydrogen (secondary N) is 2. The highest BCUT2D eigenvalue weighted by atomic mass is 16.5. The summed E-state index contributed by atoms with van der Waals surface area (Å²) in [7, 11) is 1.40. The SMILES string of the molecule is CCCN1CCC(NC(=NCCC(=O)OC)NCC)CC1. The molecular weight excluding hydrogens is 268 g/mol. The van der Waals surface area contributed by atoms with Crippen molar-refractivity contribution >= 4 is 11.9 Å². The Morgan fingerprint density at radius 2 is 2.05 bits per heavy atom. The van der Waals surface area contributed by atoms with Crippen LogP contribution in [0.1, 0.15) is 39.5 Å². The maximum absolute atomic E-state index is 11.1. The quantitative estimate of drug-likeness (QED) is 0.417. The van der Waals surface area contributed by atoms with E-state index in [0.717, 1.165) is 38.4 Å². The first-order valence-electron chi connectivity index (χ1n) is 8.03. The van der Waals surface area contributed by atoms with Gasteiger partial charge in [0.05, 0.1) is 20.1 Å². The topological polar surface area (TPSA) is 66.0 Å². The number of aliphatic imine (C=N–C) groups is 1. The molecule has 0 spiro atoms. The zero-order valence-corrected chi connectivity index (χ0v) is 13.7. The van der Waals surface area contributed by atoms with Crippen LogP contribution in [0.15, 0.2) is 4.99 Å². The monoisotopic (exact) mass is 298 g/mol. The third kappa shape index (κ3) is 7.32. The number of methoxy groups -OCH3 is 1. The lowest BCUT2D eigenvalue weighted by atomic mass is 10.1. The van der Waals surface area contributed by atoms with Gasteiger partial charge >= 0.3 is 5.97 Å². The van der Waals surface area contributed by atoms with Crippen LogP contribution in [0.2, 0.25) is 0 Å². The van der Waals surface area contributed by atoms with Crippen molar-refractivity contribution in [1.29, 1.82) is 0 Å². The van der Waals surface area contributed by atoms with Crippen LogP contribution >= 0.6 is 0 Å². The summed E-state index contributed by atoms with van der Waals surface area (Å²) in [5.41, 5.74) is 0. The van der Waals surface area contributed by atoms with Crippen molar-refractivity contribution in [2.24, 2.45) is 4.99 Å². The van der Waals surface area contributed by atoms with E-state index in [9.17, 15) is 4.79 Å². The highest BCUT2D eigenvalue weighted by molar-refractivity contribution is 5.80. The molecule has 21 heavy (non-hydrogen) atoms. The number of carbonyl (C=O) groups is 1. The van der Waals surface area contributed by atoms with Crippen molar-refractivity contribution < 1.29 is 9.53 Å². The molecule has 6 heteroatoms. The summed E-state index contributed by atoms with van der Waals surface area (Å²) < 4.78 is 4.62. The van der Waals surface area contributed by atoms with E-state index in [1.807, 2.05) is 6.92 Å². The number of nitrogens with zero attached hydrogens (tertiary/aromatic N) is 2. The molecule has 0 amide bonds. The first-order chi connectivity index (χ1) is 10.2. The first-order valence-corrected chi connectivity index (χ1v) is 8.03. The van der Waals surface area contributed by atoms with Crippen LogP contribution in [-0.2, 0) is 9.53 Å². The van der Waals surface area contributed by atoms with Crippen LogP contribution in [0, 0.1) is 0 Å². The van der Waals surface area contributed by atoms with Crippen LogP contribution in [0.3, 0.4) is 0 Å². The molecule has 2 N–H and O–H groups in total. The Hall–Kier alpha value is -1.30. The predicted molar refractivity (Wildman–Crippen MR) is 85.5 cm³/mol. The van der Waals surface area contributed by atoms with Gasteiger partial charge in [0.1, 0.15) is 0 Å². The van der Waals surface area contributed by atoms with Crippen LogP contribution in [-0.4, -0.2) is 62.7 Å². The fourth-order valence-corrected chi connectivity index (χ4v) is 2.49. The number of piperidine rings is 1. The minimum Gasteiger partial charge on any atom is -0.469 e. The normalized spacial score (nSPS) is 17.6. The van der Waals surface area contributed by atoms with E-state index in [1.165, 1.54) is 20.1 Å². The molecule has 1 heterocycles. The van der Waals surface area contributed by atoms with Gasteiger partial charge in [-0.3, -0.25) is 9.79 Å². The number of hydrogen-bond acceptors (Lipinski definition) is 4. The van der Waals surface area contributed by atoms with Crippen LogP contribution < -0.4 is 10.6 Å². The Morgan fingerprint density at radius 3 is 2.62 bits per heavy atom. The largest absolute Gasteiger partial charge is 0.469 e. The second-order valence-corrected chi connectivity index (χ2v) is 5.35. The average Bonchev–Trinajstić information content (AvgIpc) is 2.49. The maximum atomic E-state index is 11.1. The lowest BCUT2D eigenvalue weighted by Gasteiger charge is -2.32. The summed E-state index contributed by atoms with van der Waals surface area (Å²) >= 11 is 0. The van der Waals surface area contributed by atoms with Crippen LogP contribution in [0.4, 0.5) is 0 Å². The van der Waals surface area contributed by atoms with E-state index in [-0.39, 0.29) is 5.97 Å². The van der Waals surface area contributed by atoms with Crippen molar-refractivity contribution in [2.75, 3.05) is 39.8 Å². The van der Waals surface area contributed by atoms with Crippen molar-refractivity contribution in [3.63, 3.8) is 0 Å². The Bertz CT molecular complexity index is 326. The predicted octanol–water partition coefficient (Wildman–Crippen LogP) is 0.979. The smallest absolute Gasteiger partial charge is 0.307 e. The Balaban J connectivity index is 2.36. The highest BCUT2D eigenvalue weighted by Crippen LogP contribution is 2.10. The van der Waals surface area contributed by atoms with Crippen molar-refractivity contribution in [3.05, 3.63) is 0 Å². The average molecular weight is 298 g/mol. The molecule has 1 rings (SSSR count). The zero-order valence-electron chi connectivity index (χ0n) is 13.7. The molecule has 0 aromatic heterocycles. The van der Waals surface area contributed by atoms with Crippen molar-refractivity contribution in [3.8, 4) is 0 Å². The molecule has 6 nitrogen and oxygen atoms in total. The van der Waals surface area contributed by atoms with E-state index in [1.54, 1.807) is 0 Å². The molecular formula is C15H30N4O2. The molecule has 0 bridgehead atoms. The van der Waals surface area contributed by atoms with Gasteiger partial charge in [-0.25, -0.2) is 0 Å². The number of likely N-dealkylation sites (tertiary alicyclic amines) is 1. The molecule has 0 aliphatic carbocycles. The number of esters is 1. The Labute approximate surface area is 128 Å². The van der Waals surface area contributed by atoms with Gasteiger partial charge in [0, 0.05) is 25.7 Å². The second-order valence-electron chi connectivity index (χ2n) is 5.35. The molecule has 1 saturated heterocycles. The van der Waals surface area contributed by atoms with Gasteiger partial charge in [0.2, 0.25) is 0 Å². The molecule has 0 aromatic rings. The van der Waals surface area contributed by atoms with E-state index in [4.69, 9.17) is 0 Å². The molecule has 1 aliphatic heterocycles. The van der Waals surface area contributed by atoms with Crippen LogP contribution in [0.5, 0.6) is 0 Å². The van der Waals surface area contributed by atoms with E-state index in [0.29, 0.717) is 19.0 Å². The summed E-state index contributed by atoms with van der Waals surface area (Å²) in [5.74, 6) is 0.581. The van der Waals surface area contributed by atoms with Crippen LogP contribution in [0.25, 0.3) is 0 Å². The standard InChI is InChI=1S/C15H30N4O2/c1-4-10-19-11-7-13(8-12-19)18-15(16-5-2)17-9-6-14(20)21-3/h13H,4-12H2,1-3H3,(H2,16,17,18). The molecule has 0 saturated carbocycles. The Morgan fingerprint density at radius 1 is 1.33 bits per heavy atom. The summed E-state index contributed by atoms with van der Waals surface area (Å²) in [4.78, 5) is 18.0. The number of hydrogen-bond donors (Lipinski definition) is 2. The number of ether oxygens (including phenoxy) is 1.